The number of amides is 1. The molecule has 134 valence electrons. The van der Waals surface area contributed by atoms with Crippen LogP contribution in [0.3, 0.4) is 0 Å². The van der Waals surface area contributed by atoms with Crippen LogP contribution in [0.1, 0.15) is 59.8 Å². The molecule has 0 atom stereocenters. The first-order valence-corrected chi connectivity index (χ1v) is 9.34. The van der Waals surface area contributed by atoms with Crippen molar-refractivity contribution in [3.63, 3.8) is 0 Å². The summed E-state index contributed by atoms with van der Waals surface area (Å²) in [6, 6.07) is 6.46. The summed E-state index contributed by atoms with van der Waals surface area (Å²) >= 11 is 0. The van der Waals surface area contributed by atoms with Gasteiger partial charge in [-0.25, -0.2) is 0 Å². The van der Waals surface area contributed by atoms with Crippen molar-refractivity contribution in [2.75, 3.05) is 13.1 Å². The van der Waals surface area contributed by atoms with Gasteiger partial charge in [-0.3, -0.25) is 9.48 Å². The zero-order valence-corrected chi connectivity index (χ0v) is 15.8. The third-order valence-electron chi connectivity index (χ3n) is 5.12. The predicted octanol–water partition coefficient (Wildman–Crippen LogP) is 4.18. The topological polar surface area (TPSA) is 38.1 Å². The molecule has 0 radical (unpaired) electrons. The number of hydrogen-bond acceptors (Lipinski definition) is 2. The zero-order valence-electron chi connectivity index (χ0n) is 15.8. The van der Waals surface area contributed by atoms with Crippen LogP contribution in [0.5, 0.6) is 0 Å². The summed E-state index contributed by atoms with van der Waals surface area (Å²) in [5.74, 6) is 0.824. The lowest BCUT2D eigenvalue weighted by atomic mass is 9.99. The molecule has 1 aromatic carbocycles. The predicted molar refractivity (Wildman–Crippen MR) is 101 cm³/mol. The molecule has 1 aliphatic rings. The molecular weight excluding hydrogens is 310 g/mol. The molecule has 2 heterocycles. The quantitative estimate of drug-likeness (QED) is 0.838. The first kappa shape index (κ1) is 17.7. The van der Waals surface area contributed by atoms with Crippen molar-refractivity contribution in [2.24, 2.45) is 5.92 Å². The Balaban J connectivity index is 1.64. The van der Waals surface area contributed by atoms with Gasteiger partial charge in [-0.05, 0) is 55.7 Å². The lowest BCUT2D eigenvalue weighted by molar-refractivity contribution is 0.0688. The highest BCUT2D eigenvalue weighted by molar-refractivity contribution is 5.97. The Morgan fingerprint density at radius 2 is 1.84 bits per heavy atom. The Morgan fingerprint density at radius 3 is 2.44 bits per heavy atom. The number of aromatic nitrogens is 2. The molecular formula is C21H29N3O. The van der Waals surface area contributed by atoms with E-state index >= 15 is 0 Å². The van der Waals surface area contributed by atoms with E-state index < -0.39 is 0 Å². The van der Waals surface area contributed by atoms with Crippen molar-refractivity contribution in [3.05, 3.63) is 52.8 Å². The second kappa shape index (κ2) is 7.42. The van der Waals surface area contributed by atoms with E-state index in [0.29, 0.717) is 12.0 Å². The van der Waals surface area contributed by atoms with Crippen molar-refractivity contribution in [1.82, 2.24) is 14.7 Å². The molecule has 1 saturated heterocycles. The number of likely N-dealkylation sites (tertiary alicyclic amines) is 1. The number of carbonyl (C=O) groups excluding carboxylic acids is 1. The van der Waals surface area contributed by atoms with Crippen LogP contribution in [0.4, 0.5) is 0 Å². The molecule has 0 bridgehead atoms. The molecule has 4 heteroatoms. The normalized spacial score (nSPS) is 15.8. The van der Waals surface area contributed by atoms with Crippen LogP contribution in [-0.2, 0) is 6.42 Å². The molecule has 1 aromatic heterocycles. The Hall–Kier alpha value is -2.10. The second-order valence-electron chi connectivity index (χ2n) is 7.72. The molecule has 4 nitrogen and oxygen atoms in total. The number of nitrogens with zero attached hydrogens (tertiary/aromatic N) is 3. The lowest BCUT2D eigenvalue weighted by Gasteiger charge is -2.32. The summed E-state index contributed by atoms with van der Waals surface area (Å²) in [6.07, 6.45) is 7.20. The van der Waals surface area contributed by atoms with E-state index in [0.717, 1.165) is 49.0 Å². The Kier molecular flexibility index (Phi) is 5.26. The fraction of sp³-hybridized carbons (Fsp3) is 0.524. The molecule has 0 N–H and O–H groups in total. The maximum absolute atomic E-state index is 12.9. The number of hydrogen-bond donors (Lipinski definition) is 0. The monoisotopic (exact) mass is 339 g/mol. The Labute approximate surface area is 150 Å². The summed E-state index contributed by atoms with van der Waals surface area (Å²) in [7, 11) is 0. The Morgan fingerprint density at radius 1 is 1.20 bits per heavy atom. The minimum Gasteiger partial charge on any atom is -0.338 e. The molecule has 1 aliphatic heterocycles. The van der Waals surface area contributed by atoms with Crippen LogP contribution >= 0.6 is 0 Å². The van der Waals surface area contributed by atoms with E-state index in [4.69, 9.17) is 0 Å². The van der Waals surface area contributed by atoms with Gasteiger partial charge in [0.2, 0.25) is 0 Å². The van der Waals surface area contributed by atoms with E-state index in [1.807, 2.05) is 43.1 Å². The number of carbonyl (C=O) groups is 1. The van der Waals surface area contributed by atoms with Gasteiger partial charge in [0.15, 0.2) is 0 Å². The van der Waals surface area contributed by atoms with Gasteiger partial charge in [-0.1, -0.05) is 32.0 Å². The fourth-order valence-corrected chi connectivity index (χ4v) is 3.80. The molecule has 1 fully saturated rings. The fourth-order valence-electron chi connectivity index (χ4n) is 3.80. The average Bonchev–Trinajstić information content (AvgIpc) is 3.02. The molecule has 0 spiro atoms. The standard InChI is InChI=1S/C21H29N3O/c1-15(2)12-18-13-22-24(14-18)19-8-10-23(11-9-19)21(25)20-16(3)6-5-7-17(20)4/h5-7,13-15,19H,8-12H2,1-4H3. The van der Waals surface area contributed by atoms with Crippen LogP contribution in [0, 0.1) is 19.8 Å². The highest BCUT2D eigenvalue weighted by atomic mass is 16.2. The van der Waals surface area contributed by atoms with Crippen molar-refractivity contribution >= 4 is 5.91 Å². The molecule has 0 saturated carbocycles. The van der Waals surface area contributed by atoms with E-state index in [-0.39, 0.29) is 5.91 Å². The number of rotatable bonds is 4. The number of benzene rings is 1. The summed E-state index contributed by atoms with van der Waals surface area (Å²) in [4.78, 5) is 14.9. The van der Waals surface area contributed by atoms with Crippen molar-refractivity contribution in [3.8, 4) is 0 Å². The molecule has 25 heavy (non-hydrogen) atoms. The Bertz CT molecular complexity index is 719. The first-order chi connectivity index (χ1) is 12.0. The minimum atomic E-state index is 0.176. The van der Waals surface area contributed by atoms with Gasteiger partial charge in [0.25, 0.3) is 5.91 Å². The van der Waals surface area contributed by atoms with Crippen LogP contribution in [0.15, 0.2) is 30.6 Å². The summed E-state index contributed by atoms with van der Waals surface area (Å²) in [5, 5.41) is 4.56. The zero-order chi connectivity index (χ0) is 18.0. The molecule has 0 aliphatic carbocycles. The van der Waals surface area contributed by atoms with Gasteiger partial charge in [-0.15, -0.1) is 0 Å². The van der Waals surface area contributed by atoms with Gasteiger partial charge < -0.3 is 4.90 Å². The van der Waals surface area contributed by atoms with Crippen molar-refractivity contribution in [2.45, 2.75) is 53.0 Å². The minimum absolute atomic E-state index is 0.176. The van der Waals surface area contributed by atoms with Crippen LogP contribution in [0.2, 0.25) is 0 Å². The number of piperidine rings is 1. The van der Waals surface area contributed by atoms with Crippen molar-refractivity contribution < 1.29 is 4.79 Å². The molecule has 3 rings (SSSR count). The first-order valence-electron chi connectivity index (χ1n) is 9.34. The van der Waals surface area contributed by atoms with Gasteiger partial charge in [0.05, 0.1) is 12.2 Å². The van der Waals surface area contributed by atoms with Gasteiger partial charge in [-0.2, -0.15) is 5.10 Å². The van der Waals surface area contributed by atoms with Crippen LogP contribution in [0.25, 0.3) is 0 Å². The second-order valence-corrected chi connectivity index (χ2v) is 7.72. The largest absolute Gasteiger partial charge is 0.338 e. The summed E-state index contributed by atoms with van der Waals surface area (Å²) in [6.45, 7) is 10.1. The van der Waals surface area contributed by atoms with E-state index in [2.05, 4.69) is 29.8 Å². The highest BCUT2D eigenvalue weighted by Gasteiger charge is 2.26. The summed E-state index contributed by atoms with van der Waals surface area (Å²) in [5.41, 5.74) is 4.32. The van der Waals surface area contributed by atoms with Gasteiger partial charge in [0, 0.05) is 24.8 Å². The molecule has 2 aromatic rings. The van der Waals surface area contributed by atoms with Gasteiger partial charge in [0.1, 0.15) is 0 Å². The van der Waals surface area contributed by atoms with Crippen LogP contribution < -0.4 is 0 Å². The van der Waals surface area contributed by atoms with E-state index in [9.17, 15) is 4.79 Å². The van der Waals surface area contributed by atoms with E-state index in [1.54, 1.807) is 0 Å². The maximum atomic E-state index is 12.9. The molecule has 1 amide bonds. The van der Waals surface area contributed by atoms with Crippen molar-refractivity contribution in [1.29, 1.82) is 0 Å². The smallest absolute Gasteiger partial charge is 0.254 e. The maximum Gasteiger partial charge on any atom is 0.254 e. The van der Waals surface area contributed by atoms with Crippen LogP contribution in [-0.4, -0.2) is 33.7 Å². The number of aryl methyl sites for hydroxylation is 2. The SMILES string of the molecule is Cc1cccc(C)c1C(=O)N1CCC(n2cc(CC(C)C)cn2)CC1. The average molecular weight is 339 g/mol. The van der Waals surface area contributed by atoms with E-state index in [1.165, 1.54) is 5.56 Å². The third kappa shape index (κ3) is 3.94. The summed E-state index contributed by atoms with van der Waals surface area (Å²) < 4.78 is 2.11. The molecule has 0 unspecified atom stereocenters. The third-order valence-corrected chi connectivity index (χ3v) is 5.12. The lowest BCUT2D eigenvalue weighted by Crippen LogP contribution is -2.39. The van der Waals surface area contributed by atoms with Gasteiger partial charge >= 0.3 is 0 Å². The highest BCUT2D eigenvalue weighted by Crippen LogP contribution is 2.25.